The second-order valence-corrected chi connectivity index (χ2v) is 4.56. The van der Waals surface area contributed by atoms with E-state index in [2.05, 4.69) is 30.4 Å². The predicted molar refractivity (Wildman–Crippen MR) is 55.6 cm³/mol. The molecule has 2 atom stereocenters. The van der Waals surface area contributed by atoms with Crippen LogP contribution in [0.1, 0.15) is 18.9 Å². The fourth-order valence-electron chi connectivity index (χ4n) is 2.64. The number of para-hydroxylation sites is 1. The van der Waals surface area contributed by atoms with E-state index in [9.17, 15) is 0 Å². The molecule has 14 heavy (non-hydrogen) atoms. The Hall–Kier alpha value is -1.02. The van der Waals surface area contributed by atoms with Crippen LogP contribution < -0.4 is 10.1 Å². The highest BCUT2D eigenvalue weighted by Gasteiger charge is 2.44. The van der Waals surface area contributed by atoms with Crippen LogP contribution in [0.5, 0.6) is 5.75 Å². The first kappa shape index (κ1) is 8.30. The second-order valence-electron chi connectivity index (χ2n) is 4.56. The van der Waals surface area contributed by atoms with Crippen LogP contribution in [0.15, 0.2) is 24.3 Å². The van der Waals surface area contributed by atoms with Gasteiger partial charge in [0.1, 0.15) is 11.4 Å². The lowest BCUT2D eigenvalue weighted by Crippen LogP contribution is -2.36. The first-order valence-corrected chi connectivity index (χ1v) is 5.28. The van der Waals surface area contributed by atoms with Crippen molar-refractivity contribution in [3.63, 3.8) is 0 Å². The Labute approximate surface area is 84.3 Å². The number of nitrogens with one attached hydrogen (secondary N) is 1. The van der Waals surface area contributed by atoms with Gasteiger partial charge in [0, 0.05) is 25.4 Å². The van der Waals surface area contributed by atoms with Crippen LogP contribution in [-0.2, 0) is 6.42 Å². The molecule has 0 aromatic heterocycles. The van der Waals surface area contributed by atoms with Gasteiger partial charge in [-0.25, -0.2) is 0 Å². The summed E-state index contributed by atoms with van der Waals surface area (Å²) in [4.78, 5) is 0. The van der Waals surface area contributed by atoms with E-state index in [1.807, 2.05) is 6.07 Å². The molecular weight excluding hydrogens is 174 g/mol. The lowest BCUT2D eigenvalue weighted by Gasteiger charge is -2.21. The van der Waals surface area contributed by atoms with Crippen LogP contribution in [-0.4, -0.2) is 18.2 Å². The van der Waals surface area contributed by atoms with Crippen molar-refractivity contribution in [2.24, 2.45) is 0 Å². The van der Waals surface area contributed by atoms with Crippen LogP contribution in [0.4, 0.5) is 0 Å². The van der Waals surface area contributed by atoms with Crippen molar-refractivity contribution in [3.05, 3.63) is 29.8 Å². The smallest absolute Gasteiger partial charge is 0.127 e. The minimum Gasteiger partial charge on any atom is -0.485 e. The second kappa shape index (κ2) is 2.74. The van der Waals surface area contributed by atoms with Crippen molar-refractivity contribution in [1.82, 2.24) is 5.32 Å². The SMILES string of the molecule is CC1C[C@]2(CN1)Cc1ccccc1O2. The summed E-state index contributed by atoms with van der Waals surface area (Å²) in [5.74, 6) is 1.09. The summed E-state index contributed by atoms with van der Waals surface area (Å²) in [5.41, 5.74) is 1.42. The van der Waals surface area contributed by atoms with Gasteiger partial charge in [-0.1, -0.05) is 18.2 Å². The Bertz CT molecular complexity index is 336. The quantitative estimate of drug-likeness (QED) is 0.671. The first-order valence-electron chi connectivity index (χ1n) is 5.28. The van der Waals surface area contributed by atoms with Crippen LogP contribution in [0.3, 0.4) is 0 Å². The normalized spacial score (nSPS) is 34.5. The zero-order valence-corrected chi connectivity index (χ0v) is 8.42. The van der Waals surface area contributed by atoms with E-state index < -0.39 is 0 Å². The van der Waals surface area contributed by atoms with E-state index in [1.54, 1.807) is 0 Å². The highest BCUT2D eigenvalue weighted by Crippen LogP contribution is 2.39. The predicted octanol–water partition coefficient (Wildman–Crippen LogP) is 1.74. The summed E-state index contributed by atoms with van der Waals surface area (Å²) in [5, 5.41) is 3.46. The minimum atomic E-state index is 0.0586. The lowest BCUT2D eigenvalue weighted by molar-refractivity contribution is 0.115. The molecule has 0 amide bonds. The van der Waals surface area contributed by atoms with Gasteiger partial charge in [0.05, 0.1) is 0 Å². The summed E-state index contributed by atoms with van der Waals surface area (Å²) in [6.07, 6.45) is 2.20. The van der Waals surface area contributed by atoms with Crippen molar-refractivity contribution < 1.29 is 4.74 Å². The maximum atomic E-state index is 6.06. The molecule has 1 fully saturated rings. The van der Waals surface area contributed by atoms with E-state index in [-0.39, 0.29) is 5.60 Å². The van der Waals surface area contributed by atoms with E-state index in [4.69, 9.17) is 4.74 Å². The van der Waals surface area contributed by atoms with Gasteiger partial charge in [-0.05, 0) is 18.6 Å². The third-order valence-corrected chi connectivity index (χ3v) is 3.26. The van der Waals surface area contributed by atoms with Gasteiger partial charge in [0.2, 0.25) is 0 Å². The Morgan fingerprint density at radius 3 is 3.00 bits per heavy atom. The van der Waals surface area contributed by atoms with E-state index >= 15 is 0 Å². The van der Waals surface area contributed by atoms with Gasteiger partial charge in [-0.15, -0.1) is 0 Å². The largest absolute Gasteiger partial charge is 0.485 e. The Morgan fingerprint density at radius 1 is 1.43 bits per heavy atom. The molecule has 1 unspecified atom stereocenters. The number of hydrogen-bond acceptors (Lipinski definition) is 2. The number of rotatable bonds is 0. The molecule has 1 saturated heterocycles. The van der Waals surface area contributed by atoms with Gasteiger partial charge in [-0.2, -0.15) is 0 Å². The maximum Gasteiger partial charge on any atom is 0.127 e. The molecule has 3 rings (SSSR count). The van der Waals surface area contributed by atoms with Gasteiger partial charge >= 0.3 is 0 Å². The first-order chi connectivity index (χ1) is 6.77. The van der Waals surface area contributed by atoms with E-state index in [0.29, 0.717) is 6.04 Å². The van der Waals surface area contributed by atoms with Crippen molar-refractivity contribution in [2.45, 2.75) is 31.4 Å². The van der Waals surface area contributed by atoms with E-state index in [0.717, 1.165) is 25.1 Å². The molecule has 1 aromatic rings. The monoisotopic (exact) mass is 189 g/mol. The molecule has 2 aliphatic rings. The number of hydrogen-bond donors (Lipinski definition) is 1. The molecular formula is C12H15NO. The summed E-state index contributed by atoms with van der Waals surface area (Å²) in [6.45, 7) is 3.21. The topological polar surface area (TPSA) is 21.3 Å². The molecule has 0 radical (unpaired) electrons. The average molecular weight is 189 g/mol. The fraction of sp³-hybridized carbons (Fsp3) is 0.500. The minimum absolute atomic E-state index is 0.0586. The average Bonchev–Trinajstić information content (AvgIpc) is 2.69. The highest BCUT2D eigenvalue weighted by molar-refractivity contribution is 5.39. The molecule has 1 spiro atoms. The number of benzene rings is 1. The molecule has 2 aliphatic heterocycles. The molecule has 74 valence electrons. The lowest BCUT2D eigenvalue weighted by atomic mass is 9.95. The molecule has 0 aliphatic carbocycles. The fourth-order valence-corrected chi connectivity index (χ4v) is 2.64. The highest BCUT2D eigenvalue weighted by atomic mass is 16.5. The van der Waals surface area contributed by atoms with Crippen molar-refractivity contribution in [2.75, 3.05) is 6.54 Å². The van der Waals surface area contributed by atoms with Crippen LogP contribution in [0, 0.1) is 0 Å². The zero-order valence-electron chi connectivity index (χ0n) is 8.42. The maximum absolute atomic E-state index is 6.06. The van der Waals surface area contributed by atoms with Crippen LogP contribution in [0.25, 0.3) is 0 Å². The van der Waals surface area contributed by atoms with Gasteiger partial charge < -0.3 is 10.1 Å². The van der Waals surface area contributed by atoms with Gasteiger partial charge in [0.15, 0.2) is 0 Å². The molecule has 2 heteroatoms. The molecule has 1 aromatic carbocycles. The third-order valence-electron chi connectivity index (χ3n) is 3.26. The molecule has 1 N–H and O–H groups in total. The van der Waals surface area contributed by atoms with E-state index in [1.165, 1.54) is 5.56 Å². The molecule has 2 nitrogen and oxygen atoms in total. The Balaban J connectivity index is 1.91. The standard InChI is InChI=1S/C12H15NO/c1-9-6-12(8-13-9)7-10-4-2-3-5-11(10)14-12/h2-5,9,13H,6-8H2,1H3/t9?,12-/m1/s1. The summed E-state index contributed by atoms with van der Waals surface area (Å²) in [6, 6.07) is 8.97. The van der Waals surface area contributed by atoms with Gasteiger partial charge in [-0.3, -0.25) is 0 Å². The van der Waals surface area contributed by atoms with Crippen LogP contribution in [0.2, 0.25) is 0 Å². The summed E-state index contributed by atoms with van der Waals surface area (Å²) in [7, 11) is 0. The molecule has 0 bridgehead atoms. The van der Waals surface area contributed by atoms with Gasteiger partial charge in [0.25, 0.3) is 0 Å². The third kappa shape index (κ3) is 1.14. The van der Waals surface area contributed by atoms with Crippen molar-refractivity contribution in [3.8, 4) is 5.75 Å². The number of fused-ring (bicyclic) bond motifs is 1. The van der Waals surface area contributed by atoms with Crippen molar-refractivity contribution in [1.29, 1.82) is 0 Å². The molecule has 0 saturated carbocycles. The Morgan fingerprint density at radius 2 is 2.29 bits per heavy atom. The summed E-state index contributed by atoms with van der Waals surface area (Å²) >= 11 is 0. The van der Waals surface area contributed by atoms with Crippen molar-refractivity contribution >= 4 is 0 Å². The number of ether oxygens (including phenoxy) is 1. The summed E-state index contributed by atoms with van der Waals surface area (Å²) < 4.78 is 6.06. The Kier molecular flexibility index (Phi) is 1.62. The van der Waals surface area contributed by atoms with Crippen LogP contribution >= 0.6 is 0 Å². The molecule has 2 heterocycles. The zero-order chi connectivity index (χ0) is 9.60.